The highest BCUT2D eigenvalue weighted by Gasteiger charge is 2.42. The van der Waals surface area contributed by atoms with Crippen LogP contribution in [0.25, 0.3) is 10.8 Å². The van der Waals surface area contributed by atoms with Crippen LogP contribution in [0.2, 0.25) is 0 Å². The summed E-state index contributed by atoms with van der Waals surface area (Å²) in [6, 6.07) is 4.85. The zero-order valence-corrected chi connectivity index (χ0v) is 16.5. The minimum Gasteiger partial charge on any atom is -0.506 e. The van der Waals surface area contributed by atoms with E-state index < -0.39 is 30.2 Å². The van der Waals surface area contributed by atoms with Crippen molar-refractivity contribution in [3.8, 4) is 17.2 Å². The molecule has 9 nitrogen and oxygen atoms in total. The van der Waals surface area contributed by atoms with Crippen molar-refractivity contribution in [1.29, 1.82) is 0 Å². The van der Waals surface area contributed by atoms with Gasteiger partial charge in [-0.15, -0.1) is 0 Å². The number of aromatic hydroxyl groups is 1. The molecule has 1 fully saturated rings. The first-order valence-electron chi connectivity index (χ1n) is 9.56. The fourth-order valence-corrected chi connectivity index (χ4v) is 4.16. The fourth-order valence-electron chi connectivity index (χ4n) is 4.16. The van der Waals surface area contributed by atoms with E-state index in [1.165, 1.54) is 13.2 Å². The summed E-state index contributed by atoms with van der Waals surface area (Å²) in [7, 11) is 1.42. The van der Waals surface area contributed by atoms with E-state index in [4.69, 9.17) is 14.2 Å². The van der Waals surface area contributed by atoms with Gasteiger partial charge in [0.05, 0.1) is 23.7 Å². The minimum absolute atomic E-state index is 0.0794. The molecule has 1 aliphatic heterocycles. The molecule has 2 aromatic rings. The molecule has 5 unspecified atom stereocenters. The summed E-state index contributed by atoms with van der Waals surface area (Å²) < 4.78 is 16.1. The molecule has 1 saturated heterocycles. The van der Waals surface area contributed by atoms with Crippen LogP contribution in [0.1, 0.15) is 29.3 Å². The molecule has 0 amide bonds. The van der Waals surface area contributed by atoms with Crippen molar-refractivity contribution >= 4 is 16.6 Å². The number of hydrogen-bond acceptors (Lipinski definition) is 9. The fraction of sp³-hybridized carbons (Fsp3) is 0.476. The highest BCUT2D eigenvalue weighted by atomic mass is 16.7. The molecule has 1 aliphatic carbocycles. The summed E-state index contributed by atoms with van der Waals surface area (Å²) in [5, 5.41) is 51.0. The molecule has 162 valence electrons. The Labute approximate surface area is 172 Å². The van der Waals surface area contributed by atoms with Crippen molar-refractivity contribution in [3.05, 3.63) is 29.3 Å². The normalized spacial score (nSPS) is 31.1. The first-order chi connectivity index (χ1) is 14.1. The highest BCUT2D eigenvalue weighted by Crippen LogP contribution is 2.44. The molecule has 0 aromatic heterocycles. The van der Waals surface area contributed by atoms with Crippen LogP contribution in [-0.2, 0) is 11.2 Å². The number of carbonyl (C=O) groups is 1. The number of hydrogen-bond donors (Lipinski definition) is 5. The third kappa shape index (κ3) is 3.48. The van der Waals surface area contributed by atoms with Gasteiger partial charge < -0.3 is 39.7 Å². The van der Waals surface area contributed by atoms with Gasteiger partial charge >= 0.3 is 0 Å². The van der Waals surface area contributed by atoms with Crippen LogP contribution in [-0.4, -0.2) is 75.2 Å². The second-order valence-corrected chi connectivity index (χ2v) is 8.11. The van der Waals surface area contributed by atoms with Gasteiger partial charge in [-0.25, -0.2) is 0 Å². The van der Waals surface area contributed by atoms with E-state index in [0.29, 0.717) is 22.1 Å². The number of rotatable bonds is 4. The Bertz CT molecular complexity index is 1000. The van der Waals surface area contributed by atoms with E-state index in [2.05, 4.69) is 0 Å². The predicted molar refractivity (Wildman–Crippen MR) is 104 cm³/mol. The van der Waals surface area contributed by atoms with E-state index in [0.717, 1.165) is 0 Å². The van der Waals surface area contributed by atoms with Crippen molar-refractivity contribution < 1.29 is 44.5 Å². The number of methoxy groups -OCH3 is 1. The molecule has 2 aliphatic rings. The monoisotopic (exact) mass is 420 g/mol. The molecule has 0 radical (unpaired) electrons. The molecule has 0 spiro atoms. The van der Waals surface area contributed by atoms with E-state index in [1.807, 2.05) is 0 Å². The molecular formula is C21H24O9. The average Bonchev–Trinajstić information content (AvgIpc) is 2.90. The minimum atomic E-state index is -1.49. The molecule has 1 heterocycles. The third-order valence-electron chi connectivity index (χ3n) is 5.59. The molecular weight excluding hydrogens is 396 g/mol. The van der Waals surface area contributed by atoms with Crippen molar-refractivity contribution in [2.75, 3.05) is 13.7 Å². The number of ether oxygens (including phenoxy) is 3. The second-order valence-electron chi connectivity index (χ2n) is 8.11. The Hall–Kier alpha value is -2.43. The Morgan fingerprint density at radius 3 is 2.53 bits per heavy atom. The van der Waals surface area contributed by atoms with Crippen LogP contribution in [0.4, 0.5) is 0 Å². The lowest BCUT2D eigenvalue weighted by atomic mass is 9.79. The Kier molecular flexibility index (Phi) is 5.11. The summed E-state index contributed by atoms with van der Waals surface area (Å²) in [4.78, 5) is 12.5. The number of ketones is 1. The standard InChI is InChI=1S/C21H24O9/c1-21(27)6-10-3-9-4-11(29-8-14-17(23)19(25)20(26)30-14)5-13(28-2)16(9)18(24)15(10)12(22)7-21/h3-5,14,17,19-20,23-27H,6-8H2,1-2H3. The van der Waals surface area contributed by atoms with E-state index in [-0.39, 0.29) is 42.3 Å². The van der Waals surface area contributed by atoms with Gasteiger partial charge in [0.2, 0.25) is 0 Å². The quantitative estimate of drug-likeness (QED) is 0.470. The number of aliphatic hydroxyl groups is 4. The topological polar surface area (TPSA) is 146 Å². The summed E-state index contributed by atoms with van der Waals surface area (Å²) >= 11 is 0. The van der Waals surface area contributed by atoms with Gasteiger partial charge in [-0.2, -0.15) is 0 Å². The molecule has 5 N–H and O–H groups in total. The maximum Gasteiger partial charge on any atom is 0.184 e. The van der Waals surface area contributed by atoms with Crippen molar-refractivity contribution in [3.63, 3.8) is 0 Å². The van der Waals surface area contributed by atoms with E-state index in [1.54, 1.807) is 19.1 Å². The first-order valence-corrected chi connectivity index (χ1v) is 9.56. The van der Waals surface area contributed by atoms with Gasteiger partial charge in [-0.3, -0.25) is 4.79 Å². The van der Waals surface area contributed by atoms with Crippen LogP contribution >= 0.6 is 0 Å². The van der Waals surface area contributed by atoms with Gasteiger partial charge in [0.15, 0.2) is 12.1 Å². The lowest BCUT2D eigenvalue weighted by Gasteiger charge is -2.30. The Morgan fingerprint density at radius 1 is 1.17 bits per heavy atom. The average molecular weight is 420 g/mol. The van der Waals surface area contributed by atoms with Crippen LogP contribution < -0.4 is 9.47 Å². The van der Waals surface area contributed by atoms with Crippen molar-refractivity contribution in [1.82, 2.24) is 0 Å². The molecule has 0 bridgehead atoms. The van der Waals surface area contributed by atoms with Gasteiger partial charge in [0.1, 0.15) is 42.2 Å². The van der Waals surface area contributed by atoms with E-state index in [9.17, 15) is 30.3 Å². The van der Waals surface area contributed by atoms with Gasteiger partial charge in [-0.05, 0) is 30.0 Å². The lowest BCUT2D eigenvalue weighted by molar-refractivity contribution is -0.131. The molecule has 4 rings (SSSR count). The Morgan fingerprint density at radius 2 is 1.90 bits per heavy atom. The van der Waals surface area contributed by atoms with Gasteiger partial charge in [-0.1, -0.05) is 0 Å². The van der Waals surface area contributed by atoms with Crippen molar-refractivity contribution in [2.24, 2.45) is 0 Å². The zero-order valence-electron chi connectivity index (χ0n) is 16.5. The predicted octanol–water partition coefficient (Wildman–Crippen LogP) is 0.252. The number of carbonyl (C=O) groups excluding carboxylic acids is 1. The number of phenols is 1. The molecule has 0 saturated carbocycles. The Balaban J connectivity index is 1.70. The summed E-state index contributed by atoms with van der Waals surface area (Å²) in [5.41, 5.74) is -0.479. The molecule has 2 aromatic carbocycles. The SMILES string of the molecule is COc1cc(OCC2OC(O)C(O)C2O)cc2cc3c(c(O)c12)C(=O)CC(C)(O)C3. The molecule has 9 heteroatoms. The van der Waals surface area contributed by atoms with Gasteiger partial charge in [0, 0.05) is 18.9 Å². The summed E-state index contributed by atoms with van der Waals surface area (Å²) in [6.45, 7) is 1.43. The lowest BCUT2D eigenvalue weighted by Crippen LogP contribution is -2.35. The number of aliphatic hydroxyl groups excluding tert-OH is 3. The summed E-state index contributed by atoms with van der Waals surface area (Å²) in [5.74, 6) is 0.0693. The third-order valence-corrected chi connectivity index (χ3v) is 5.59. The van der Waals surface area contributed by atoms with Crippen LogP contribution in [0.15, 0.2) is 18.2 Å². The highest BCUT2D eigenvalue weighted by molar-refractivity contribution is 6.09. The second kappa shape index (κ2) is 7.36. The first kappa shape index (κ1) is 20.8. The van der Waals surface area contributed by atoms with Crippen LogP contribution in [0, 0.1) is 0 Å². The maximum atomic E-state index is 12.5. The number of benzene rings is 2. The smallest absolute Gasteiger partial charge is 0.184 e. The maximum absolute atomic E-state index is 12.5. The van der Waals surface area contributed by atoms with Crippen molar-refractivity contribution in [2.45, 2.75) is 50.0 Å². The van der Waals surface area contributed by atoms with Crippen LogP contribution in [0.5, 0.6) is 17.2 Å². The van der Waals surface area contributed by atoms with Gasteiger partial charge in [0.25, 0.3) is 0 Å². The molecule has 5 atom stereocenters. The largest absolute Gasteiger partial charge is 0.506 e. The molecule has 30 heavy (non-hydrogen) atoms. The van der Waals surface area contributed by atoms with Crippen LogP contribution in [0.3, 0.4) is 0 Å². The number of phenolic OH excluding ortho intramolecular Hbond substituents is 1. The summed E-state index contributed by atoms with van der Waals surface area (Å²) in [6.07, 6.45) is -5.01. The number of fused-ring (bicyclic) bond motifs is 2. The van der Waals surface area contributed by atoms with E-state index >= 15 is 0 Å². The zero-order chi connectivity index (χ0) is 21.8. The number of Topliss-reactive ketones (excluding diaryl/α,β-unsaturated/α-hetero) is 1.